The summed E-state index contributed by atoms with van der Waals surface area (Å²) in [6, 6.07) is 0. The van der Waals surface area contributed by atoms with E-state index in [1.807, 2.05) is 21.6 Å². The summed E-state index contributed by atoms with van der Waals surface area (Å²) in [5, 5.41) is 9.73. The molecule has 0 amide bonds. The van der Waals surface area contributed by atoms with E-state index < -0.39 is 20.0 Å². The highest BCUT2D eigenvalue weighted by Gasteiger charge is 2.23. The van der Waals surface area contributed by atoms with Gasteiger partial charge in [-0.05, 0) is 26.2 Å². The van der Waals surface area contributed by atoms with Crippen molar-refractivity contribution >= 4 is 46.3 Å². The fourth-order valence-electron chi connectivity index (χ4n) is 4.80. The van der Waals surface area contributed by atoms with Crippen LogP contribution in [0.1, 0.15) is 115 Å². The summed E-state index contributed by atoms with van der Waals surface area (Å²) >= 11 is 0. The van der Waals surface area contributed by atoms with Crippen LogP contribution in [0.4, 0.5) is 5.95 Å². The molecule has 2 aromatic rings. The Bertz CT molecular complexity index is 1050. The monoisotopic (exact) mass is 661 g/mol. The fourth-order valence-corrected chi connectivity index (χ4v) is 7.99. The fraction of sp³-hybridized carbons (Fsp3) is 0.833. The van der Waals surface area contributed by atoms with Crippen molar-refractivity contribution in [3.63, 3.8) is 0 Å². The number of aliphatic hydroxyl groups is 1. The Morgan fingerprint density at radius 1 is 0.907 bits per heavy atom. The number of aromatic nitrogens is 4. The van der Waals surface area contributed by atoms with Crippen molar-refractivity contribution in [2.75, 3.05) is 36.8 Å². The summed E-state index contributed by atoms with van der Waals surface area (Å²) in [4.78, 5) is 22.7. The second-order valence-corrected chi connectivity index (χ2v) is 15.7. The molecule has 0 aliphatic carbocycles. The topological polar surface area (TPSA) is 146 Å². The van der Waals surface area contributed by atoms with E-state index in [4.69, 9.17) is 15.0 Å². The second kappa shape index (κ2) is 23.5. The maximum atomic E-state index is 12.4. The molecular formula is C30H56N5O5PS2. The first-order valence-corrected chi connectivity index (χ1v) is 20.5. The van der Waals surface area contributed by atoms with Gasteiger partial charge >= 0.3 is 7.60 Å². The van der Waals surface area contributed by atoms with E-state index in [1.54, 1.807) is 17.8 Å². The van der Waals surface area contributed by atoms with Crippen LogP contribution in [0, 0.1) is 6.92 Å². The van der Waals surface area contributed by atoms with Crippen LogP contribution >= 0.6 is 29.2 Å². The van der Waals surface area contributed by atoms with E-state index in [2.05, 4.69) is 21.9 Å². The molecule has 4 N–H and O–H groups in total. The number of hydrogen-bond donors (Lipinski definition) is 3. The third-order valence-electron chi connectivity index (χ3n) is 7.31. The van der Waals surface area contributed by atoms with Crippen molar-refractivity contribution in [2.45, 2.75) is 129 Å². The average molecular weight is 662 g/mol. The summed E-state index contributed by atoms with van der Waals surface area (Å²) in [6.45, 7) is 4.12. The predicted octanol–water partition coefficient (Wildman–Crippen LogP) is 7.90. The molecule has 0 radical (unpaired) electrons. The molecule has 2 rings (SSSR count). The van der Waals surface area contributed by atoms with Gasteiger partial charge in [0, 0.05) is 11.5 Å². The first kappa shape index (κ1) is 38.3. The zero-order valence-corrected chi connectivity index (χ0v) is 29.0. The minimum absolute atomic E-state index is 0.128. The lowest BCUT2D eigenvalue weighted by atomic mass is 10.0. The quantitative estimate of drug-likeness (QED) is 0.0465. The number of nitrogen functional groups attached to an aromatic ring is 1. The van der Waals surface area contributed by atoms with Crippen molar-refractivity contribution in [1.82, 2.24) is 19.5 Å². The number of nitrogens with zero attached hydrogens (tertiary/aromatic N) is 4. The van der Waals surface area contributed by atoms with Crippen molar-refractivity contribution in [3.8, 4) is 0 Å². The maximum Gasteiger partial charge on any atom is 0.353 e. The highest BCUT2D eigenvalue weighted by atomic mass is 33.1. The van der Waals surface area contributed by atoms with Gasteiger partial charge in [0.05, 0.1) is 37.9 Å². The Balaban J connectivity index is 1.41. The van der Waals surface area contributed by atoms with E-state index in [1.165, 1.54) is 95.6 Å². The Morgan fingerprint density at radius 2 is 1.47 bits per heavy atom. The molecule has 2 atom stereocenters. The molecule has 0 aliphatic heterocycles. The number of imidazole rings is 1. The number of aryl methyl sites for hydroxylation is 1. The second-order valence-electron chi connectivity index (χ2n) is 11.3. The van der Waals surface area contributed by atoms with Crippen molar-refractivity contribution in [2.24, 2.45) is 0 Å². The Morgan fingerprint density at radius 3 is 2.05 bits per heavy atom. The van der Waals surface area contributed by atoms with Crippen LogP contribution in [0.15, 0.2) is 6.33 Å². The standard InChI is InChI=1S/C30H56N5O5PS2/c1-3-4-5-6-7-8-9-10-11-12-13-14-15-17-20-42-43-21-18-16-19-40-41(37,38)25-39-27(23-36)22-35-24-32-28-26(2)33-30(31)34-29(28)35/h24,27,36H,3-23,25H2,1-2H3,(H,37,38)(H2,31,33,34). The summed E-state index contributed by atoms with van der Waals surface area (Å²) in [7, 11) is -0.129. The van der Waals surface area contributed by atoms with Crippen molar-refractivity contribution < 1.29 is 23.8 Å². The molecule has 13 heteroatoms. The van der Waals surface area contributed by atoms with Gasteiger partial charge in [-0.1, -0.05) is 112 Å². The van der Waals surface area contributed by atoms with E-state index in [9.17, 15) is 14.6 Å². The van der Waals surface area contributed by atoms with Crippen LogP contribution in [0.5, 0.6) is 0 Å². The summed E-state index contributed by atoms with van der Waals surface area (Å²) in [5.74, 6) is 2.31. The SMILES string of the molecule is CCCCCCCCCCCCCCCCSSCCCCOP(=O)(O)COC(CO)Cn1cnc2c(C)nc(N)nc21. The summed E-state index contributed by atoms with van der Waals surface area (Å²) in [6.07, 6.45) is 21.4. The van der Waals surface area contributed by atoms with Gasteiger partial charge in [0.15, 0.2) is 5.65 Å². The van der Waals surface area contributed by atoms with E-state index in [0.29, 0.717) is 23.3 Å². The number of aliphatic hydroxyl groups excluding tert-OH is 1. The molecule has 0 fully saturated rings. The van der Waals surface area contributed by atoms with Gasteiger partial charge in [0.1, 0.15) is 11.9 Å². The molecule has 0 saturated carbocycles. The molecule has 2 heterocycles. The minimum atomic E-state index is -3.92. The van der Waals surface area contributed by atoms with Crippen LogP contribution < -0.4 is 5.73 Å². The van der Waals surface area contributed by atoms with Gasteiger partial charge in [-0.2, -0.15) is 4.98 Å². The lowest BCUT2D eigenvalue weighted by Gasteiger charge is -2.19. The van der Waals surface area contributed by atoms with Crippen LogP contribution in [0.2, 0.25) is 0 Å². The number of ether oxygens (including phenoxy) is 1. The molecule has 0 bridgehead atoms. The molecule has 0 aliphatic rings. The van der Waals surface area contributed by atoms with E-state index in [-0.39, 0.29) is 25.7 Å². The highest BCUT2D eigenvalue weighted by molar-refractivity contribution is 8.76. The molecular weight excluding hydrogens is 605 g/mol. The third-order valence-corrected chi connectivity index (χ3v) is 11.0. The zero-order valence-electron chi connectivity index (χ0n) is 26.5. The van der Waals surface area contributed by atoms with E-state index in [0.717, 1.165) is 12.2 Å². The van der Waals surface area contributed by atoms with Gasteiger partial charge in [0.25, 0.3) is 0 Å². The molecule has 2 aromatic heterocycles. The van der Waals surface area contributed by atoms with Gasteiger partial charge in [0.2, 0.25) is 5.95 Å². The zero-order chi connectivity index (χ0) is 31.2. The van der Waals surface area contributed by atoms with Crippen molar-refractivity contribution in [1.29, 1.82) is 0 Å². The molecule has 43 heavy (non-hydrogen) atoms. The van der Waals surface area contributed by atoms with Crippen LogP contribution in [0.3, 0.4) is 0 Å². The van der Waals surface area contributed by atoms with Gasteiger partial charge in [-0.3, -0.25) is 4.57 Å². The molecule has 0 spiro atoms. The minimum Gasteiger partial charge on any atom is -0.394 e. The lowest BCUT2D eigenvalue weighted by molar-refractivity contribution is 0.0180. The Kier molecular flexibility index (Phi) is 20.9. The largest absolute Gasteiger partial charge is 0.394 e. The summed E-state index contributed by atoms with van der Waals surface area (Å²) in [5.41, 5.74) is 7.52. The van der Waals surface area contributed by atoms with E-state index >= 15 is 0 Å². The number of unbranched alkanes of at least 4 members (excludes halogenated alkanes) is 14. The highest BCUT2D eigenvalue weighted by Crippen LogP contribution is 2.42. The third kappa shape index (κ3) is 17.4. The van der Waals surface area contributed by atoms with Gasteiger partial charge < -0.3 is 29.6 Å². The predicted molar refractivity (Wildman–Crippen MR) is 182 cm³/mol. The Labute approximate surface area is 267 Å². The average Bonchev–Trinajstić information content (AvgIpc) is 3.38. The number of anilines is 1. The number of nitrogens with two attached hydrogens (primary N) is 1. The number of hydrogen-bond acceptors (Lipinski definition) is 10. The van der Waals surface area contributed by atoms with Crippen LogP contribution in [-0.4, -0.2) is 66.7 Å². The van der Waals surface area contributed by atoms with Crippen LogP contribution in [-0.2, 0) is 20.4 Å². The normalized spacial score (nSPS) is 14.0. The van der Waals surface area contributed by atoms with Crippen molar-refractivity contribution in [3.05, 3.63) is 12.0 Å². The molecule has 0 saturated heterocycles. The van der Waals surface area contributed by atoms with Crippen LogP contribution in [0.25, 0.3) is 11.2 Å². The molecule has 248 valence electrons. The Hall–Kier alpha value is -0.880. The van der Waals surface area contributed by atoms with Gasteiger partial charge in [-0.25, -0.2) is 9.97 Å². The smallest absolute Gasteiger partial charge is 0.353 e. The maximum absolute atomic E-state index is 12.4. The molecule has 10 nitrogen and oxygen atoms in total. The first-order valence-electron chi connectivity index (χ1n) is 16.2. The first-order chi connectivity index (χ1) is 20.9. The number of fused-ring (bicyclic) bond motifs is 1. The summed E-state index contributed by atoms with van der Waals surface area (Å²) < 4.78 is 24.8. The number of rotatable bonds is 28. The lowest BCUT2D eigenvalue weighted by Crippen LogP contribution is -2.25. The molecule has 2 unspecified atom stereocenters. The molecule has 0 aromatic carbocycles. The van der Waals surface area contributed by atoms with Gasteiger partial charge in [-0.15, -0.1) is 0 Å².